The number of hydrogen-bond acceptors (Lipinski definition) is 5. The molecule has 0 N–H and O–H groups in total. The van der Waals surface area contributed by atoms with E-state index in [4.69, 9.17) is 14.2 Å². The van der Waals surface area contributed by atoms with Gasteiger partial charge in [-0.25, -0.2) is 0 Å². The molecule has 0 saturated carbocycles. The molecule has 0 aliphatic carbocycles. The molecule has 0 bridgehead atoms. The fraction of sp³-hybridized carbons (Fsp3) is 0.661. The van der Waals surface area contributed by atoms with Crippen LogP contribution < -0.4 is 0 Å². The first-order valence-corrected chi connectivity index (χ1v) is 26.4. The number of hydrogen-bond donors (Lipinski definition) is 0. The summed E-state index contributed by atoms with van der Waals surface area (Å²) in [5, 5.41) is 0. The molecule has 0 aromatic rings. The van der Waals surface area contributed by atoms with E-state index in [1.54, 1.807) is 0 Å². The highest BCUT2D eigenvalue weighted by molar-refractivity contribution is 5.71. The molecular weight excluding hydrogens is 789 g/mol. The number of carbonyl (C=O) groups is 2. The van der Waals surface area contributed by atoms with Crippen molar-refractivity contribution in [2.24, 2.45) is 0 Å². The number of carbonyl (C=O) groups excluding carboxylic acids is 2. The Morgan fingerprint density at radius 2 is 0.781 bits per heavy atom. The highest BCUT2D eigenvalue weighted by Gasteiger charge is 2.17. The van der Waals surface area contributed by atoms with Crippen molar-refractivity contribution in [1.82, 2.24) is 0 Å². The molecule has 0 aromatic carbocycles. The second kappa shape index (κ2) is 53.9. The maximum absolute atomic E-state index is 12.8. The first kappa shape index (κ1) is 60.6. The third-order valence-electron chi connectivity index (χ3n) is 10.8. The number of ether oxygens (including phenoxy) is 3. The molecule has 0 aliphatic rings. The third kappa shape index (κ3) is 51.2. The van der Waals surface area contributed by atoms with Crippen molar-refractivity contribution in [2.45, 2.75) is 232 Å². The molecule has 0 aromatic heterocycles. The second-order valence-electron chi connectivity index (χ2n) is 17.1. The molecule has 0 heterocycles. The fourth-order valence-corrected chi connectivity index (χ4v) is 6.89. The largest absolute Gasteiger partial charge is 0.461 e. The zero-order valence-electron chi connectivity index (χ0n) is 41.8. The van der Waals surface area contributed by atoms with E-state index in [0.717, 1.165) is 89.9 Å². The zero-order valence-corrected chi connectivity index (χ0v) is 41.8. The van der Waals surface area contributed by atoms with Crippen LogP contribution in [0.15, 0.2) is 109 Å². The number of esters is 2. The summed E-state index contributed by atoms with van der Waals surface area (Å²) in [6.07, 6.45) is 74.1. The van der Waals surface area contributed by atoms with Gasteiger partial charge < -0.3 is 14.2 Å². The molecule has 5 nitrogen and oxygen atoms in total. The van der Waals surface area contributed by atoms with Gasteiger partial charge in [0.25, 0.3) is 0 Å². The molecule has 0 rings (SSSR count). The van der Waals surface area contributed by atoms with Gasteiger partial charge in [-0.05, 0) is 103 Å². The molecule has 0 saturated heterocycles. The molecule has 1 atom stereocenters. The molecule has 0 radical (unpaired) electrons. The lowest BCUT2D eigenvalue weighted by molar-refractivity contribution is -0.162. The van der Waals surface area contributed by atoms with Crippen molar-refractivity contribution in [3.8, 4) is 0 Å². The van der Waals surface area contributed by atoms with Crippen LogP contribution in [0.3, 0.4) is 0 Å². The Kier molecular flexibility index (Phi) is 51.0. The lowest BCUT2D eigenvalue weighted by Gasteiger charge is -2.18. The summed E-state index contributed by atoms with van der Waals surface area (Å²) in [6.45, 7) is 7.49. The third-order valence-corrected chi connectivity index (χ3v) is 10.8. The summed E-state index contributed by atoms with van der Waals surface area (Å²) in [7, 11) is 0. The van der Waals surface area contributed by atoms with Crippen molar-refractivity contribution in [1.29, 1.82) is 0 Å². The Balaban J connectivity index is 4.38. The van der Waals surface area contributed by atoms with Crippen LogP contribution in [0.2, 0.25) is 0 Å². The monoisotopic (exact) mass is 887 g/mol. The lowest BCUT2D eigenvalue weighted by atomic mass is 10.1. The standard InChI is InChI=1S/C59H98O5/c1-4-7-10-13-16-19-22-25-27-28-29-30-31-33-36-39-42-45-48-51-54-62-55-57(64-59(61)53-50-47-44-41-38-34-24-21-18-15-12-9-6-3)56-63-58(60)52-49-46-43-40-37-35-32-26-23-20-17-14-11-8-5-2/h8,11-12,15-17,19-21,24-27,32,37,40,46,49,57H,4-7,9-10,13-14,18,22-23,28-31,33-36,38-39,41-45,47-48,50-56H2,1-3H3/b11-8-,15-12-,19-16-,20-17-,24-21-,27-25-,32-26-,40-37-,49-46-. The summed E-state index contributed by atoms with van der Waals surface area (Å²) in [5.74, 6) is -0.566. The van der Waals surface area contributed by atoms with E-state index < -0.39 is 6.10 Å². The van der Waals surface area contributed by atoms with E-state index in [-0.39, 0.29) is 31.6 Å². The van der Waals surface area contributed by atoms with E-state index >= 15 is 0 Å². The lowest BCUT2D eigenvalue weighted by Crippen LogP contribution is -2.30. The number of allylic oxidation sites excluding steroid dienone is 17. The van der Waals surface area contributed by atoms with Gasteiger partial charge in [0, 0.05) is 13.0 Å². The van der Waals surface area contributed by atoms with Crippen molar-refractivity contribution in [3.05, 3.63) is 109 Å². The van der Waals surface area contributed by atoms with Crippen LogP contribution in [0, 0.1) is 0 Å². The minimum absolute atomic E-state index is 0.0186. The Labute approximate surface area is 395 Å². The van der Waals surface area contributed by atoms with Crippen LogP contribution in [0.1, 0.15) is 226 Å². The van der Waals surface area contributed by atoms with Crippen molar-refractivity contribution in [2.75, 3.05) is 19.8 Å². The van der Waals surface area contributed by atoms with Gasteiger partial charge in [0.1, 0.15) is 6.61 Å². The minimum Gasteiger partial charge on any atom is -0.461 e. The average Bonchev–Trinajstić information content (AvgIpc) is 3.30. The van der Waals surface area contributed by atoms with Gasteiger partial charge in [-0.2, -0.15) is 0 Å². The van der Waals surface area contributed by atoms with Crippen LogP contribution in [-0.2, 0) is 23.8 Å². The van der Waals surface area contributed by atoms with Crippen molar-refractivity contribution >= 4 is 11.9 Å². The fourth-order valence-electron chi connectivity index (χ4n) is 6.89. The van der Waals surface area contributed by atoms with E-state index in [2.05, 4.69) is 118 Å². The molecule has 0 fully saturated rings. The smallest absolute Gasteiger partial charge is 0.309 e. The average molecular weight is 887 g/mol. The SMILES string of the molecule is CC/C=C\C/C=C\C/C=C\C/C=C\C/C=C\CC(=O)OCC(COCCCCCCCCCCCC/C=C\C/C=C\CCCCC)OC(=O)CCCCCCC/C=C\C/C=C\CCC. The van der Waals surface area contributed by atoms with Crippen LogP contribution in [0.5, 0.6) is 0 Å². The predicted molar refractivity (Wildman–Crippen MR) is 279 cm³/mol. The van der Waals surface area contributed by atoms with Gasteiger partial charge in [-0.3, -0.25) is 9.59 Å². The van der Waals surface area contributed by atoms with E-state index in [1.165, 1.54) is 103 Å². The van der Waals surface area contributed by atoms with Crippen LogP contribution in [0.25, 0.3) is 0 Å². The Bertz CT molecular complexity index is 1280. The molecule has 0 aliphatic heterocycles. The maximum atomic E-state index is 12.8. The highest BCUT2D eigenvalue weighted by Crippen LogP contribution is 2.13. The predicted octanol–water partition coefficient (Wildman–Crippen LogP) is 18.0. The molecule has 0 amide bonds. The van der Waals surface area contributed by atoms with Gasteiger partial charge in [-0.1, -0.05) is 220 Å². The van der Waals surface area contributed by atoms with Crippen LogP contribution >= 0.6 is 0 Å². The zero-order chi connectivity index (χ0) is 46.3. The van der Waals surface area contributed by atoms with Gasteiger partial charge in [0.2, 0.25) is 0 Å². The van der Waals surface area contributed by atoms with E-state index in [1.807, 2.05) is 12.2 Å². The summed E-state index contributed by atoms with van der Waals surface area (Å²) >= 11 is 0. The number of unbranched alkanes of at least 4 members (excludes halogenated alkanes) is 19. The molecular formula is C59H98O5. The normalized spacial score (nSPS) is 13.1. The molecule has 0 spiro atoms. The molecule has 1 unspecified atom stereocenters. The first-order valence-electron chi connectivity index (χ1n) is 26.4. The van der Waals surface area contributed by atoms with Crippen molar-refractivity contribution in [3.63, 3.8) is 0 Å². The van der Waals surface area contributed by atoms with Crippen molar-refractivity contribution < 1.29 is 23.8 Å². The Morgan fingerprint density at radius 3 is 1.27 bits per heavy atom. The summed E-state index contributed by atoms with van der Waals surface area (Å²) in [4.78, 5) is 25.3. The molecule has 364 valence electrons. The minimum atomic E-state index is -0.591. The molecule has 5 heteroatoms. The molecule has 64 heavy (non-hydrogen) atoms. The van der Waals surface area contributed by atoms with Gasteiger partial charge >= 0.3 is 11.9 Å². The second-order valence-corrected chi connectivity index (χ2v) is 17.1. The Hall–Kier alpha value is -3.44. The van der Waals surface area contributed by atoms with Gasteiger partial charge in [-0.15, -0.1) is 0 Å². The summed E-state index contributed by atoms with van der Waals surface area (Å²) in [5.41, 5.74) is 0. The van der Waals surface area contributed by atoms with Crippen LogP contribution in [-0.4, -0.2) is 37.9 Å². The highest BCUT2D eigenvalue weighted by atomic mass is 16.6. The maximum Gasteiger partial charge on any atom is 0.309 e. The first-order chi connectivity index (χ1) is 31.6. The summed E-state index contributed by atoms with van der Waals surface area (Å²) < 4.78 is 17.3. The van der Waals surface area contributed by atoms with Crippen LogP contribution in [0.4, 0.5) is 0 Å². The topological polar surface area (TPSA) is 61.8 Å². The summed E-state index contributed by atoms with van der Waals surface area (Å²) in [6, 6.07) is 0. The Morgan fingerprint density at radius 1 is 0.375 bits per heavy atom. The number of rotatable bonds is 47. The quantitative estimate of drug-likeness (QED) is 0.0346. The van der Waals surface area contributed by atoms with Gasteiger partial charge in [0.15, 0.2) is 6.10 Å². The van der Waals surface area contributed by atoms with E-state index in [0.29, 0.717) is 13.0 Å². The van der Waals surface area contributed by atoms with E-state index in [9.17, 15) is 9.59 Å². The van der Waals surface area contributed by atoms with Gasteiger partial charge in [0.05, 0.1) is 13.0 Å².